The molecule has 3 saturated heterocycles. The van der Waals surface area contributed by atoms with Crippen molar-refractivity contribution in [3.05, 3.63) is 42.0 Å². The summed E-state index contributed by atoms with van der Waals surface area (Å²) in [5.74, 6) is -1.94. The number of carbonyl (C=O) groups excluding carboxylic acids is 7. The highest BCUT2D eigenvalue weighted by Crippen LogP contribution is 2.40. The lowest BCUT2D eigenvalue weighted by Gasteiger charge is -2.42. The average Bonchev–Trinajstić information content (AvgIpc) is 4.14. The Hall–Kier alpha value is -5.53. The second kappa shape index (κ2) is 27.9. The van der Waals surface area contributed by atoms with Crippen LogP contribution in [0.4, 0.5) is 16.3 Å². The number of nitrogens with one attached hydrogen (secondary N) is 6. The lowest BCUT2D eigenvalue weighted by atomic mass is 9.88. The van der Waals surface area contributed by atoms with Gasteiger partial charge in [-0.1, -0.05) is 114 Å². The number of rotatable bonds is 26. The normalized spacial score (nSPS) is 23.6. The van der Waals surface area contributed by atoms with Gasteiger partial charge in [0.2, 0.25) is 35.4 Å². The van der Waals surface area contributed by atoms with Gasteiger partial charge in [0.25, 0.3) is 0 Å². The number of halogens is 1. The minimum atomic E-state index is -1.48. The molecule has 23 heteroatoms. The third-order valence-electron chi connectivity index (χ3n) is 15.0. The fourth-order valence-electron chi connectivity index (χ4n) is 10.1. The summed E-state index contributed by atoms with van der Waals surface area (Å²) >= 11 is 2.28. The molecule has 77 heavy (non-hydrogen) atoms. The summed E-state index contributed by atoms with van der Waals surface area (Å²) in [6.45, 7) is 15.1. The van der Waals surface area contributed by atoms with Crippen LogP contribution in [0.25, 0.3) is 11.2 Å². The molecule has 3 unspecified atom stereocenters. The Morgan fingerprint density at radius 2 is 1.70 bits per heavy atom. The first-order valence-electron chi connectivity index (χ1n) is 27.4. The summed E-state index contributed by atoms with van der Waals surface area (Å²) in [6, 6.07) is 2.61. The van der Waals surface area contributed by atoms with Gasteiger partial charge in [-0.05, 0) is 69.6 Å². The van der Waals surface area contributed by atoms with Crippen molar-refractivity contribution in [3.8, 4) is 0 Å². The van der Waals surface area contributed by atoms with Crippen LogP contribution in [0.3, 0.4) is 0 Å². The number of H-pyrrole nitrogens is 1. The molecule has 3 fully saturated rings. The number of ether oxygens (including phenoxy) is 2. The molecule has 3 aliphatic rings. The predicted molar refractivity (Wildman–Crippen MR) is 296 cm³/mol. The third kappa shape index (κ3) is 15.8. The number of nitrogens with zero attached hydrogens (tertiary/aromatic N) is 5. The third-order valence-corrected chi connectivity index (χ3v) is 16.3. The summed E-state index contributed by atoms with van der Waals surface area (Å²) in [5, 5.41) is 36.6. The van der Waals surface area contributed by atoms with Crippen LogP contribution >= 0.6 is 22.6 Å². The molecule has 0 saturated carbocycles. The van der Waals surface area contributed by atoms with E-state index in [1.807, 2.05) is 6.92 Å². The van der Waals surface area contributed by atoms with E-state index in [1.165, 1.54) is 18.2 Å². The van der Waals surface area contributed by atoms with E-state index < -0.39 is 84.3 Å². The number of aromatic nitrogens is 4. The van der Waals surface area contributed by atoms with Crippen LogP contribution in [0.2, 0.25) is 0 Å². The first-order chi connectivity index (χ1) is 36.6. The topological polar surface area (TPSA) is 300 Å². The molecule has 7 amide bonds. The Balaban J connectivity index is 0.932. The van der Waals surface area contributed by atoms with E-state index in [1.54, 1.807) is 45.0 Å². The summed E-state index contributed by atoms with van der Waals surface area (Å²) in [7, 11) is 0. The summed E-state index contributed by atoms with van der Waals surface area (Å²) < 4.78 is 11.3. The second-order valence-electron chi connectivity index (χ2n) is 21.4. The number of aromatic amines is 1. The van der Waals surface area contributed by atoms with Crippen molar-refractivity contribution < 1.29 is 53.2 Å². The maximum atomic E-state index is 13.7. The zero-order chi connectivity index (χ0) is 56.1. The highest BCUT2D eigenvalue weighted by Gasteiger charge is 2.48. The Kier molecular flexibility index (Phi) is 22.0. The monoisotopic (exact) mass is 1190 g/mol. The lowest BCUT2D eigenvalue weighted by molar-refractivity contribution is -0.173. The van der Waals surface area contributed by atoms with Crippen LogP contribution < -0.4 is 26.6 Å². The van der Waals surface area contributed by atoms with Gasteiger partial charge in [-0.3, -0.25) is 38.6 Å². The van der Waals surface area contributed by atoms with Crippen LogP contribution in [0.1, 0.15) is 144 Å². The predicted octanol–water partition coefficient (Wildman–Crippen LogP) is 5.40. The van der Waals surface area contributed by atoms with E-state index in [4.69, 9.17) is 9.47 Å². The quantitative estimate of drug-likeness (QED) is 0.0216. The lowest BCUT2D eigenvalue weighted by Crippen LogP contribution is -2.65. The van der Waals surface area contributed by atoms with Crippen molar-refractivity contribution >= 4 is 86.8 Å². The van der Waals surface area contributed by atoms with E-state index in [2.05, 4.69) is 89.9 Å². The Morgan fingerprint density at radius 1 is 0.974 bits per heavy atom. The molecule has 3 aliphatic heterocycles. The molecule has 1 aromatic carbocycles. The van der Waals surface area contributed by atoms with Crippen molar-refractivity contribution in [1.82, 2.24) is 45.7 Å². The molecule has 2 aromatic heterocycles. The number of likely N-dealkylation sites (tertiary alicyclic amines) is 2. The number of unbranched alkanes of at least 4 members (excludes halogenated alkanes) is 3. The number of aliphatic hydroxyl groups excluding tert-OH is 2. The van der Waals surface area contributed by atoms with Gasteiger partial charge < -0.3 is 51.3 Å². The fraction of sp³-hybridized carbons (Fsp3) is 0.667. The SMILES string of the molecule is CCCCCC(C)(I)C1CC(=O)N(CCC(=O)N[C@H](C(=O)N[C@@H](C)C(=O)Nc2ccc(COC(=O)N3CCC[C@@H]3C(=O)N[C@@H]3[C@@H](O)[C@H](O)[C@@H](Nc4ncnc5nc(CC(CC)CCCC)[nH]c45)O[C@H]3C)cc2)C(C)C)C1=O. The molecule has 11 atom stereocenters. The van der Waals surface area contributed by atoms with Gasteiger partial charge in [0, 0.05) is 41.5 Å². The minimum absolute atomic E-state index is 0.0915. The van der Waals surface area contributed by atoms with E-state index >= 15 is 0 Å². The molecule has 0 radical (unpaired) electrons. The molecular formula is C54H80IN11O11. The standard InChI is InChI=1S/C54H80IN11O11/c1-9-12-14-23-54(8,55)36-27-40(68)66(52(36)74)25-22-39(67)62-41(30(4)5)50(73)58-31(6)48(71)59-35-20-18-34(19-21-35)28-76-53(75)65-24-15-17-37(65)49(72)63-42-32(7)77-51(45(70)44(42)69)64-47-43-46(56-29-57-47)61-38(60-43)26-33(11-3)16-13-10-2/h18-21,29-33,36-37,41-42,44-45,51,69-70H,9-17,22-28H2,1-8H3,(H,58,73)(H,59,71)(H,62,67)(H,63,72)(H2,56,57,60,61,64)/t31-,32-,33?,36?,37+,41-,42-,44+,45-,51-,54?/m0/s1. The Morgan fingerprint density at radius 3 is 2.39 bits per heavy atom. The van der Waals surface area contributed by atoms with E-state index in [9.17, 15) is 43.8 Å². The zero-order valence-electron chi connectivity index (χ0n) is 45.7. The van der Waals surface area contributed by atoms with Gasteiger partial charge in [0.15, 0.2) is 17.7 Å². The molecule has 424 valence electrons. The Bertz CT molecular complexity index is 2530. The van der Waals surface area contributed by atoms with Gasteiger partial charge in [-0.2, -0.15) is 0 Å². The minimum Gasteiger partial charge on any atom is -0.445 e. The molecule has 0 aliphatic carbocycles. The molecule has 8 N–H and O–H groups in total. The van der Waals surface area contributed by atoms with Crippen molar-refractivity contribution in [1.29, 1.82) is 0 Å². The number of amides is 7. The number of anilines is 2. The number of benzene rings is 1. The number of alkyl halides is 1. The molecule has 0 spiro atoms. The molecule has 6 rings (SSSR count). The number of fused-ring (bicyclic) bond motifs is 1. The zero-order valence-corrected chi connectivity index (χ0v) is 47.9. The van der Waals surface area contributed by atoms with Gasteiger partial charge in [0.05, 0.1) is 18.1 Å². The number of hydrogen-bond donors (Lipinski definition) is 8. The summed E-state index contributed by atoms with van der Waals surface area (Å²) in [5.41, 5.74) is 2.00. The van der Waals surface area contributed by atoms with Crippen LogP contribution in [0.15, 0.2) is 30.6 Å². The first kappa shape index (κ1) is 60.7. The van der Waals surface area contributed by atoms with Crippen molar-refractivity contribution in [3.63, 3.8) is 0 Å². The number of hydrogen-bond acceptors (Lipinski definition) is 15. The maximum Gasteiger partial charge on any atom is 0.410 e. The number of carbonyl (C=O) groups is 7. The van der Waals surface area contributed by atoms with E-state index in [0.29, 0.717) is 47.0 Å². The Labute approximate surface area is 464 Å². The maximum absolute atomic E-state index is 13.7. The molecule has 5 heterocycles. The van der Waals surface area contributed by atoms with Crippen LogP contribution in [-0.2, 0) is 51.3 Å². The van der Waals surface area contributed by atoms with E-state index in [0.717, 1.165) is 68.5 Å². The summed E-state index contributed by atoms with van der Waals surface area (Å²) in [6.07, 6.45) is 5.67. The highest BCUT2D eigenvalue weighted by molar-refractivity contribution is 14.1. The van der Waals surface area contributed by atoms with Gasteiger partial charge >= 0.3 is 6.09 Å². The average molecular weight is 1190 g/mol. The van der Waals surface area contributed by atoms with Gasteiger partial charge in [0.1, 0.15) is 54.6 Å². The largest absolute Gasteiger partial charge is 0.445 e. The van der Waals surface area contributed by atoms with Gasteiger partial charge in [-0.25, -0.2) is 19.7 Å². The highest BCUT2D eigenvalue weighted by atomic mass is 127. The van der Waals surface area contributed by atoms with E-state index in [-0.39, 0.29) is 53.7 Å². The van der Waals surface area contributed by atoms with Crippen LogP contribution in [0, 0.1) is 17.8 Å². The van der Waals surface area contributed by atoms with Gasteiger partial charge in [-0.15, -0.1) is 0 Å². The second-order valence-corrected chi connectivity index (χ2v) is 23.8. The molecule has 0 bridgehead atoms. The summed E-state index contributed by atoms with van der Waals surface area (Å²) in [4.78, 5) is 112. The smallest absolute Gasteiger partial charge is 0.410 e. The molecule has 22 nitrogen and oxygen atoms in total. The van der Waals surface area contributed by atoms with Crippen molar-refractivity contribution in [2.24, 2.45) is 17.8 Å². The van der Waals surface area contributed by atoms with Crippen molar-refractivity contribution in [2.45, 2.75) is 198 Å². The number of imide groups is 1. The van der Waals surface area contributed by atoms with Crippen LogP contribution in [-0.4, -0.2) is 147 Å². The van der Waals surface area contributed by atoms with Crippen molar-refractivity contribution in [2.75, 3.05) is 23.7 Å². The first-order valence-corrected chi connectivity index (χ1v) is 28.5. The van der Waals surface area contributed by atoms with Crippen LogP contribution in [0.5, 0.6) is 0 Å². The molecular weight excluding hydrogens is 1110 g/mol. The molecule has 3 aromatic rings. The number of imidazole rings is 1. The number of aliphatic hydroxyl groups is 2. The fourth-order valence-corrected chi connectivity index (χ4v) is 11.0.